The number of rotatable bonds is 3. The lowest BCUT2D eigenvalue weighted by Crippen LogP contribution is -2.32. The van der Waals surface area contributed by atoms with Crippen LogP contribution < -0.4 is 10.7 Å². The first-order valence-corrected chi connectivity index (χ1v) is 9.42. The van der Waals surface area contributed by atoms with Gasteiger partial charge >= 0.3 is 0 Å². The van der Waals surface area contributed by atoms with E-state index in [-0.39, 0.29) is 0 Å². The van der Waals surface area contributed by atoms with Crippen LogP contribution in [0, 0.1) is 11.8 Å². The van der Waals surface area contributed by atoms with Crippen molar-refractivity contribution >= 4 is 28.7 Å². The molecule has 2 fully saturated rings. The molecule has 0 aliphatic heterocycles. The third kappa shape index (κ3) is 4.77. The summed E-state index contributed by atoms with van der Waals surface area (Å²) in [6.45, 7) is 0. The van der Waals surface area contributed by atoms with Gasteiger partial charge in [-0.2, -0.15) is 5.10 Å². The Morgan fingerprint density at radius 2 is 1.70 bits per heavy atom. The molecule has 0 radical (unpaired) electrons. The van der Waals surface area contributed by atoms with Crippen LogP contribution in [-0.4, -0.2) is 10.8 Å². The highest BCUT2D eigenvalue weighted by molar-refractivity contribution is 7.80. The maximum absolute atomic E-state index is 5.37. The van der Waals surface area contributed by atoms with Gasteiger partial charge in [-0.05, 0) is 62.4 Å². The van der Waals surface area contributed by atoms with E-state index in [0.717, 1.165) is 18.0 Å². The zero-order chi connectivity index (χ0) is 15.9. The van der Waals surface area contributed by atoms with E-state index in [1.54, 1.807) is 0 Å². The topological polar surface area (TPSA) is 36.4 Å². The zero-order valence-corrected chi connectivity index (χ0v) is 14.6. The second-order valence-corrected chi connectivity index (χ2v) is 7.19. The van der Waals surface area contributed by atoms with E-state index in [4.69, 9.17) is 17.3 Å². The number of hydrogen-bond acceptors (Lipinski definition) is 2. The smallest absolute Gasteiger partial charge is 0.191 e. The molecule has 1 aromatic rings. The van der Waals surface area contributed by atoms with E-state index < -0.39 is 0 Å². The van der Waals surface area contributed by atoms with Crippen LogP contribution in [0.15, 0.2) is 35.4 Å². The first-order chi connectivity index (χ1) is 11.3. The predicted molar refractivity (Wildman–Crippen MR) is 102 cm³/mol. The zero-order valence-electron chi connectivity index (χ0n) is 13.8. The molecule has 2 aliphatic rings. The maximum atomic E-state index is 5.37. The lowest BCUT2D eigenvalue weighted by Gasteiger charge is -2.34. The van der Waals surface area contributed by atoms with Gasteiger partial charge < -0.3 is 5.32 Å². The summed E-state index contributed by atoms with van der Waals surface area (Å²) in [5.74, 6) is 1.52. The van der Waals surface area contributed by atoms with Crippen LogP contribution in [0.25, 0.3) is 0 Å². The van der Waals surface area contributed by atoms with Crippen LogP contribution in [0.3, 0.4) is 0 Å². The van der Waals surface area contributed by atoms with Crippen molar-refractivity contribution in [3.8, 4) is 0 Å². The summed E-state index contributed by atoms with van der Waals surface area (Å²) in [6, 6.07) is 10.0. The second-order valence-electron chi connectivity index (χ2n) is 6.79. The van der Waals surface area contributed by atoms with Gasteiger partial charge in [0.2, 0.25) is 0 Å². The monoisotopic (exact) mass is 329 g/mol. The number of thiocarbonyl (C=S) groups is 1. The third-order valence-electron chi connectivity index (χ3n) is 5.18. The Morgan fingerprint density at radius 3 is 2.48 bits per heavy atom. The van der Waals surface area contributed by atoms with Gasteiger partial charge in [-0.1, -0.05) is 43.9 Å². The Labute approximate surface area is 144 Å². The Bertz CT molecular complexity index is 535. The third-order valence-corrected chi connectivity index (χ3v) is 5.37. The van der Waals surface area contributed by atoms with Crippen molar-refractivity contribution in [3.63, 3.8) is 0 Å². The summed E-state index contributed by atoms with van der Waals surface area (Å²) < 4.78 is 0. The molecule has 3 rings (SSSR count). The van der Waals surface area contributed by atoms with Gasteiger partial charge in [0.1, 0.15) is 0 Å². The molecule has 3 nitrogen and oxygen atoms in total. The highest BCUT2D eigenvalue weighted by Gasteiger charge is 2.29. The van der Waals surface area contributed by atoms with E-state index in [2.05, 4.69) is 10.7 Å². The lowest BCUT2D eigenvalue weighted by atomic mass is 9.72. The van der Waals surface area contributed by atoms with Crippen LogP contribution in [0.5, 0.6) is 0 Å². The van der Waals surface area contributed by atoms with Gasteiger partial charge in [-0.15, -0.1) is 0 Å². The summed E-state index contributed by atoms with van der Waals surface area (Å²) in [4.78, 5) is 0. The summed E-state index contributed by atoms with van der Waals surface area (Å²) >= 11 is 5.37. The molecule has 0 saturated heterocycles. The molecule has 124 valence electrons. The summed E-state index contributed by atoms with van der Waals surface area (Å²) in [7, 11) is 0. The summed E-state index contributed by atoms with van der Waals surface area (Å²) in [6.07, 6.45) is 12.0. The predicted octanol–water partition coefficient (Wildman–Crippen LogP) is 5.10. The fraction of sp³-hybridized carbons (Fsp3) is 0.579. The Hall–Kier alpha value is -1.42. The minimum atomic E-state index is 0.580. The molecule has 0 spiro atoms. The van der Waals surface area contributed by atoms with Gasteiger partial charge in [0.05, 0.1) is 0 Å². The standard InChI is InChI=1S/C19H27N3S/c23-19(20-16-11-5-2-6-12-16)22-21-18-14-8-7-13-17(18)15-9-3-1-4-10-15/h2,5-6,11-12,15,17H,1,3-4,7-10,13-14H2,(H2,20,22,23)/b21-18-. The number of nitrogens with one attached hydrogen (secondary N) is 2. The fourth-order valence-corrected chi connectivity index (χ4v) is 4.17. The number of benzene rings is 1. The molecule has 23 heavy (non-hydrogen) atoms. The normalized spacial score (nSPS) is 24.3. The molecule has 1 unspecified atom stereocenters. The first kappa shape index (κ1) is 16.4. The molecule has 1 atom stereocenters. The van der Waals surface area contributed by atoms with Gasteiger partial charge in [-0.3, -0.25) is 5.43 Å². The Kier molecular flexibility index (Phi) is 6.03. The molecule has 0 heterocycles. The van der Waals surface area contributed by atoms with Crippen molar-refractivity contribution in [3.05, 3.63) is 30.3 Å². The van der Waals surface area contributed by atoms with Crippen LogP contribution in [0.2, 0.25) is 0 Å². The van der Waals surface area contributed by atoms with Crippen molar-refractivity contribution in [2.45, 2.75) is 57.8 Å². The number of hydrogen-bond donors (Lipinski definition) is 2. The Balaban J connectivity index is 1.58. The van der Waals surface area contributed by atoms with Crippen LogP contribution in [0.4, 0.5) is 5.69 Å². The van der Waals surface area contributed by atoms with Crippen LogP contribution >= 0.6 is 12.2 Å². The highest BCUT2D eigenvalue weighted by atomic mass is 32.1. The minimum Gasteiger partial charge on any atom is -0.331 e. The number of nitrogens with zero attached hydrogens (tertiary/aromatic N) is 1. The van der Waals surface area contributed by atoms with Crippen molar-refractivity contribution < 1.29 is 0 Å². The minimum absolute atomic E-state index is 0.580. The molecule has 0 aromatic heterocycles. The maximum Gasteiger partial charge on any atom is 0.191 e. The average Bonchev–Trinajstić information content (AvgIpc) is 2.62. The molecule has 2 aliphatic carbocycles. The molecular weight excluding hydrogens is 302 g/mol. The van der Waals surface area contributed by atoms with E-state index in [1.807, 2.05) is 30.3 Å². The van der Waals surface area contributed by atoms with E-state index in [0.29, 0.717) is 11.0 Å². The second kappa shape index (κ2) is 8.44. The van der Waals surface area contributed by atoms with Gasteiger partial charge in [0.25, 0.3) is 0 Å². The number of hydrazone groups is 1. The molecule has 1 aromatic carbocycles. The molecule has 4 heteroatoms. The van der Waals surface area contributed by atoms with E-state index >= 15 is 0 Å². The highest BCUT2D eigenvalue weighted by Crippen LogP contribution is 2.36. The summed E-state index contributed by atoms with van der Waals surface area (Å²) in [5, 5.41) is 8.47. The van der Waals surface area contributed by atoms with Gasteiger partial charge in [-0.25, -0.2) is 0 Å². The van der Waals surface area contributed by atoms with Crippen molar-refractivity contribution in [1.82, 2.24) is 5.43 Å². The molecule has 2 saturated carbocycles. The van der Waals surface area contributed by atoms with E-state index in [1.165, 1.54) is 57.1 Å². The quantitative estimate of drug-likeness (QED) is 0.598. The fourth-order valence-electron chi connectivity index (χ4n) is 4.01. The summed E-state index contributed by atoms with van der Waals surface area (Å²) in [5.41, 5.74) is 5.42. The van der Waals surface area contributed by atoms with Crippen molar-refractivity contribution in [1.29, 1.82) is 0 Å². The SMILES string of the molecule is S=C(N/N=C1/CCCCC1C1CCCCC1)Nc1ccccc1. The largest absolute Gasteiger partial charge is 0.331 e. The van der Waals surface area contributed by atoms with Crippen LogP contribution in [0.1, 0.15) is 57.8 Å². The van der Waals surface area contributed by atoms with Gasteiger partial charge in [0.15, 0.2) is 5.11 Å². The first-order valence-electron chi connectivity index (χ1n) is 9.01. The van der Waals surface area contributed by atoms with Crippen molar-refractivity contribution in [2.75, 3.05) is 5.32 Å². The lowest BCUT2D eigenvalue weighted by molar-refractivity contribution is 0.274. The van der Waals surface area contributed by atoms with Crippen LogP contribution in [-0.2, 0) is 0 Å². The van der Waals surface area contributed by atoms with Gasteiger partial charge in [0, 0.05) is 17.3 Å². The Morgan fingerprint density at radius 1 is 0.957 bits per heavy atom. The average molecular weight is 330 g/mol. The molecule has 0 bridgehead atoms. The molecular formula is C19H27N3S. The number of anilines is 1. The van der Waals surface area contributed by atoms with E-state index in [9.17, 15) is 0 Å². The number of para-hydroxylation sites is 1. The molecule has 2 N–H and O–H groups in total. The molecule has 0 amide bonds. The van der Waals surface area contributed by atoms with Crippen molar-refractivity contribution in [2.24, 2.45) is 16.9 Å².